The molecule has 1 fully saturated rings. The zero-order valence-electron chi connectivity index (χ0n) is 15.4. The van der Waals surface area contributed by atoms with Crippen LogP contribution in [0.5, 0.6) is 0 Å². The third-order valence-electron chi connectivity index (χ3n) is 4.00. The molecule has 1 unspecified atom stereocenters. The van der Waals surface area contributed by atoms with Crippen LogP contribution in [0.25, 0.3) is 0 Å². The number of aliphatic imine (C=N–C) groups is 2. The minimum absolute atomic E-state index is 0.696. The molecule has 0 aromatic heterocycles. The molecule has 0 aliphatic carbocycles. The summed E-state index contributed by atoms with van der Waals surface area (Å²) in [7, 11) is 0. The Labute approximate surface area is 161 Å². The van der Waals surface area contributed by atoms with E-state index in [2.05, 4.69) is 59.0 Å². The second-order valence-electron chi connectivity index (χ2n) is 6.35. The summed E-state index contributed by atoms with van der Waals surface area (Å²) in [6, 6.07) is 0. The van der Waals surface area contributed by atoms with Crippen LogP contribution in [-0.2, 0) is 4.74 Å². The number of rotatable bonds is 13. The molecule has 0 amide bonds. The first kappa shape index (κ1) is 21.8. The summed E-state index contributed by atoms with van der Waals surface area (Å²) < 4.78 is 6.64. The second kappa shape index (κ2) is 15.0. The monoisotopic (exact) mass is 447 g/mol. The number of hydrogen-bond acceptors (Lipinski definition) is 4. The molecule has 4 nitrogen and oxygen atoms in total. The van der Waals surface area contributed by atoms with Crippen LogP contribution in [0.4, 0.5) is 0 Å². The van der Waals surface area contributed by atoms with Gasteiger partial charge >= 0.3 is 0 Å². The minimum atomic E-state index is 0.696. The van der Waals surface area contributed by atoms with Gasteiger partial charge in [0.25, 0.3) is 0 Å². The lowest BCUT2D eigenvalue weighted by molar-refractivity contribution is 0.184. The summed E-state index contributed by atoms with van der Waals surface area (Å²) in [5.74, 6) is 0.737. The predicted molar refractivity (Wildman–Crippen MR) is 114 cm³/mol. The summed E-state index contributed by atoms with van der Waals surface area (Å²) in [6.45, 7) is 8.75. The van der Waals surface area contributed by atoms with Crippen molar-refractivity contribution in [1.82, 2.24) is 5.32 Å². The number of nitrogens with zero attached hydrogens (tertiary/aromatic N) is 2. The van der Waals surface area contributed by atoms with Crippen molar-refractivity contribution in [1.29, 1.82) is 0 Å². The van der Waals surface area contributed by atoms with E-state index in [0.29, 0.717) is 6.54 Å². The molecular weight excluding hydrogens is 413 g/mol. The fourth-order valence-electron chi connectivity index (χ4n) is 2.65. The smallest absolute Gasteiger partial charge is 0.0804 e. The van der Waals surface area contributed by atoms with Crippen LogP contribution in [0.1, 0.15) is 52.4 Å². The molecule has 0 aromatic carbocycles. The van der Waals surface area contributed by atoms with Gasteiger partial charge in [-0.25, -0.2) is 0 Å². The van der Waals surface area contributed by atoms with Crippen LogP contribution in [0.2, 0.25) is 0 Å². The maximum Gasteiger partial charge on any atom is 0.0804 e. The highest BCUT2D eigenvalue weighted by atomic mass is 127. The topological polar surface area (TPSA) is 46.0 Å². The van der Waals surface area contributed by atoms with E-state index >= 15 is 0 Å². The van der Waals surface area contributed by atoms with Gasteiger partial charge < -0.3 is 10.1 Å². The van der Waals surface area contributed by atoms with Crippen molar-refractivity contribution in [3.8, 4) is 0 Å². The summed E-state index contributed by atoms with van der Waals surface area (Å²) in [5, 5.41) is 3.46. The van der Waals surface area contributed by atoms with Gasteiger partial charge in [-0.2, -0.15) is 0 Å². The van der Waals surface area contributed by atoms with Crippen molar-refractivity contribution in [2.45, 2.75) is 52.4 Å². The Hall–Kier alpha value is -0.270. The minimum Gasteiger partial charge on any atom is -0.381 e. The highest BCUT2D eigenvalue weighted by molar-refractivity contribution is 14.1. The Morgan fingerprint density at radius 3 is 2.96 bits per heavy atom. The van der Waals surface area contributed by atoms with Crippen LogP contribution in [0.3, 0.4) is 0 Å². The van der Waals surface area contributed by atoms with Crippen LogP contribution >= 0.6 is 22.6 Å². The summed E-state index contributed by atoms with van der Waals surface area (Å²) in [6.07, 6.45) is 11.2. The molecular formula is C19H34IN3O. The van der Waals surface area contributed by atoms with Crippen LogP contribution in [0.15, 0.2) is 21.8 Å². The molecule has 24 heavy (non-hydrogen) atoms. The number of hydrogen-bond donors (Lipinski definition) is 1. The van der Waals surface area contributed by atoms with Gasteiger partial charge in [-0.1, -0.05) is 35.6 Å². The Kier molecular flexibility index (Phi) is 13.6. The second-order valence-corrected chi connectivity index (χ2v) is 7.43. The summed E-state index contributed by atoms with van der Waals surface area (Å²) >= 11 is 2.43. The Morgan fingerprint density at radius 2 is 2.25 bits per heavy atom. The van der Waals surface area contributed by atoms with E-state index in [1.165, 1.54) is 30.1 Å². The molecule has 1 aliphatic rings. The van der Waals surface area contributed by atoms with Crippen molar-refractivity contribution >= 4 is 34.5 Å². The average molecular weight is 447 g/mol. The predicted octanol–water partition coefficient (Wildman–Crippen LogP) is 4.43. The number of halogens is 1. The molecule has 1 saturated heterocycles. The highest BCUT2D eigenvalue weighted by Gasteiger charge is 2.13. The zero-order chi connectivity index (χ0) is 17.5. The Bertz CT molecular complexity index is 401. The number of allylic oxidation sites excluding steroid dienone is 1. The number of alkyl halides is 1. The SMILES string of the molecule is CC/C=C(/CN=CCCC1CCOC1)N=C(C)CNCCCCI. The van der Waals surface area contributed by atoms with Crippen LogP contribution in [0, 0.1) is 5.92 Å². The van der Waals surface area contributed by atoms with Crippen LogP contribution in [-0.4, -0.2) is 49.2 Å². The normalized spacial score (nSPS) is 19.5. The van der Waals surface area contributed by atoms with E-state index in [0.717, 1.165) is 56.5 Å². The molecule has 1 aliphatic heterocycles. The molecule has 0 spiro atoms. The van der Waals surface area contributed by atoms with E-state index in [-0.39, 0.29) is 0 Å². The van der Waals surface area contributed by atoms with Crippen molar-refractivity contribution in [3.05, 3.63) is 11.8 Å². The summed E-state index contributed by atoms with van der Waals surface area (Å²) in [5.41, 5.74) is 2.23. The van der Waals surface area contributed by atoms with Crippen molar-refractivity contribution in [3.63, 3.8) is 0 Å². The number of nitrogens with one attached hydrogen (secondary N) is 1. The zero-order valence-corrected chi connectivity index (χ0v) is 17.6. The van der Waals surface area contributed by atoms with Gasteiger partial charge in [-0.3, -0.25) is 9.98 Å². The van der Waals surface area contributed by atoms with Crippen molar-refractivity contribution in [2.75, 3.05) is 37.3 Å². The van der Waals surface area contributed by atoms with E-state index in [1.54, 1.807) is 0 Å². The molecule has 1 N–H and O–H groups in total. The average Bonchev–Trinajstić information content (AvgIpc) is 3.08. The quantitative estimate of drug-likeness (QED) is 0.197. The van der Waals surface area contributed by atoms with E-state index in [9.17, 15) is 0 Å². The van der Waals surface area contributed by atoms with Gasteiger partial charge in [0.15, 0.2) is 0 Å². The first-order chi connectivity index (χ1) is 11.8. The molecule has 0 saturated carbocycles. The lowest BCUT2D eigenvalue weighted by atomic mass is 10.0. The largest absolute Gasteiger partial charge is 0.381 e. The van der Waals surface area contributed by atoms with Gasteiger partial charge in [-0.05, 0) is 68.6 Å². The molecule has 138 valence electrons. The third-order valence-corrected chi connectivity index (χ3v) is 4.77. The van der Waals surface area contributed by atoms with Gasteiger partial charge in [0.2, 0.25) is 0 Å². The molecule has 1 atom stereocenters. The van der Waals surface area contributed by atoms with Gasteiger partial charge in [0.05, 0.1) is 12.2 Å². The standard InChI is InChI=1S/C19H34IN3O/c1-3-7-19(23-17(2)14-21-11-5-4-10-20)15-22-12-6-8-18-9-13-24-16-18/h7,12,18,21H,3-6,8-11,13-16H2,1-2H3/b19-7-,22-12?,23-17?. The van der Waals surface area contributed by atoms with Crippen molar-refractivity contribution in [2.24, 2.45) is 15.9 Å². The maximum atomic E-state index is 5.40. The maximum absolute atomic E-state index is 5.40. The first-order valence-electron chi connectivity index (χ1n) is 9.32. The number of ether oxygens (including phenoxy) is 1. The van der Waals surface area contributed by atoms with E-state index in [1.807, 2.05) is 0 Å². The molecule has 0 aromatic rings. The molecule has 1 heterocycles. The molecule has 5 heteroatoms. The fourth-order valence-corrected chi connectivity index (χ4v) is 3.19. The lowest BCUT2D eigenvalue weighted by Crippen LogP contribution is -2.22. The third kappa shape index (κ3) is 11.3. The lowest BCUT2D eigenvalue weighted by Gasteiger charge is -2.06. The summed E-state index contributed by atoms with van der Waals surface area (Å²) in [4.78, 5) is 9.30. The van der Waals surface area contributed by atoms with Gasteiger partial charge in [-0.15, -0.1) is 0 Å². The van der Waals surface area contributed by atoms with E-state index in [4.69, 9.17) is 9.73 Å². The van der Waals surface area contributed by atoms with Gasteiger partial charge in [0, 0.05) is 25.5 Å². The Balaban J connectivity index is 2.25. The molecule has 0 radical (unpaired) electrons. The molecule has 0 bridgehead atoms. The fraction of sp³-hybridized carbons (Fsp3) is 0.789. The molecule has 1 rings (SSSR count). The first-order valence-corrected chi connectivity index (χ1v) is 10.8. The van der Waals surface area contributed by atoms with Crippen LogP contribution < -0.4 is 5.32 Å². The Morgan fingerprint density at radius 1 is 1.38 bits per heavy atom. The van der Waals surface area contributed by atoms with E-state index < -0.39 is 0 Å². The van der Waals surface area contributed by atoms with Gasteiger partial charge in [0.1, 0.15) is 0 Å². The van der Waals surface area contributed by atoms with Crippen molar-refractivity contribution < 1.29 is 4.74 Å². The highest BCUT2D eigenvalue weighted by Crippen LogP contribution is 2.17. The number of unbranched alkanes of at least 4 members (excludes halogenated alkanes) is 1.